The van der Waals surface area contributed by atoms with Crippen LogP contribution in [0.3, 0.4) is 0 Å². The summed E-state index contributed by atoms with van der Waals surface area (Å²) < 4.78 is 41.0. The topological polar surface area (TPSA) is 48.1 Å². The highest BCUT2D eigenvalue weighted by Crippen LogP contribution is 2.20. The fraction of sp³-hybridized carbons (Fsp3) is 0.583. The van der Waals surface area contributed by atoms with Crippen molar-refractivity contribution >= 4 is 0 Å². The Morgan fingerprint density at radius 1 is 1.33 bits per heavy atom. The standard InChI is InChI=1S/C12H17F3N2O/c1-2-3-10-6-9(8-16)7-11(17-10)18-5-4-12(13,14)15/h6-7H,2-5,8,16H2,1H3. The van der Waals surface area contributed by atoms with Crippen molar-refractivity contribution in [2.45, 2.75) is 38.9 Å². The molecule has 0 radical (unpaired) electrons. The minimum atomic E-state index is -4.21. The van der Waals surface area contributed by atoms with Crippen LogP contribution in [0.1, 0.15) is 31.0 Å². The van der Waals surface area contributed by atoms with E-state index in [-0.39, 0.29) is 5.88 Å². The number of halogens is 3. The van der Waals surface area contributed by atoms with Gasteiger partial charge in [-0.15, -0.1) is 0 Å². The monoisotopic (exact) mass is 262 g/mol. The molecule has 6 heteroatoms. The first kappa shape index (κ1) is 14.8. The summed E-state index contributed by atoms with van der Waals surface area (Å²) in [6.45, 7) is 1.89. The van der Waals surface area contributed by atoms with E-state index in [1.807, 2.05) is 13.0 Å². The van der Waals surface area contributed by atoms with Gasteiger partial charge >= 0.3 is 6.18 Å². The van der Waals surface area contributed by atoms with Crippen LogP contribution in [0.5, 0.6) is 5.88 Å². The molecular formula is C12H17F3N2O. The summed E-state index contributed by atoms with van der Waals surface area (Å²) in [5.41, 5.74) is 7.13. The van der Waals surface area contributed by atoms with Gasteiger partial charge in [0.05, 0.1) is 13.0 Å². The van der Waals surface area contributed by atoms with Crippen molar-refractivity contribution in [2.24, 2.45) is 5.73 Å². The predicted molar refractivity (Wildman–Crippen MR) is 62.3 cm³/mol. The second kappa shape index (κ2) is 6.58. The fourth-order valence-corrected chi connectivity index (χ4v) is 1.47. The molecule has 0 aliphatic rings. The Hall–Kier alpha value is -1.30. The quantitative estimate of drug-likeness (QED) is 0.857. The molecule has 0 fully saturated rings. The van der Waals surface area contributed by atoms with E-state index in [9.17, 15) is 13.2 Å². The van der Waals surface area contributed by atoms with Gasteiger partial charge in [-0.25, -0.2) is 4.98 Å². The lowest BCUT2D eigenvalue weighted by Gasteiger charge is -2.10. The van der Waals surface area contributed by atoms with Crippen LogP contribution in [0.25, 0.3) is 0 Å². The molecule has 0 aromatic carbocycles. The van der Waals surface area contributed by atoms with Crippen LogP contribution < -0.4 is 10.5 Å². The number of alkyl halides is 3. The summed E-state index contributed by atoms with van der Waals surface area (Å²) in [6, 6.07) is 3.43. The first-order valence-electron chi connectivity index (χ1n) is 5.84. The number of pyridine rings is 1. The molecule has 1 aromatic heterocycles. The third-order valence-corrected chi connectivity index (χ3v) is 2.29. The van der Waals surface area contributed by atoms with Crippen molar-refractivity contribution in [2.75, 3.05) is 6.61 Å². The van der Waals surface area contributed by atoms with Gasteiger partial charge in [0.1, 0.15) is 0 Å². The average Bonchev–Trinajstić information content (AvgIpc) is 2.27. The maximum atomic E-state index is 12.0. The van der Waals surface area contributed by atoms with E-state index in [4.69, 9.17) is 10.5 Å². The molecule has 0 aliphatic carbocycles. The van der Waals surface area contributed by atoms with Gasteiger partial charge in [-0.05, 0) is 18.1 Å². The van der Waals surface area contributed by atoms with Crippen molar-refractivity contribution in [3.63, 3.8) is 0 Å². The number of nitrogens with two attached hydrogens (primary N) is 1. The normalized spacial score (nSPS) is 11.6. The van der Waals surface area contributed by atoms with Crippen molar-refractivity contribution in [1.82, 2.24) is 4.98 Å². The molecule has 0 bridgehead atoms. The van der Waals surface area contributed by atoms with Crippen molar-refractivity contribution in [3.05, 3.63) is 23.4 Å². The Morgan fingerprint density at radius 2 is 2.06 bits per heavy atom. The summed E-state index contributed by atoms with van der Waals surface area (Å²) in [5, 5.41) is 0. The lowest BCUT2D eigenvalue weighted by Crippen LogP contribution is -2.14. The summed E-state index contributed by atoms with van der Waals surface area (Å²) in [6.07, 6.45) is -3.53. The van der Waals surface area contributed by atoms with E-state index >= 15 is 0 Å². The number of hydrogen-bond acceptors (Lipinski definition) is 3. The van der Waals surface area contributed by atoms with Crippen LogP contribution in [0.15, 0.2) is 12.1 Å². The summed E-state index contributed by atoms with van der Waals surface area (Å²) in [4.78, 5) is 4.15. The van der Waals surface area contributed by atoms with E-state index < -0.39 is 19.2 Å². The second-order valence-electron chi connectivity index (χ2n) is 3.97. The van der Waals surface area contributed by atoms with Gasteiger partial charge in [0.2, 0.25) is 5.88 Å². The van der Waals surface area contributed by atoms with Crippen LogP contribution >= 0.6 is 0 Å². The van der Waals surface area contributed by atoms with Crippen LogP contribution in [-0.4, -0.2) is 17.8 Å². The molecule has 0 saturated heterocycles. The van der Waals surface area contributed by atoms with Crippen molar-refractivity contribution < 1.29 is 17.9 Å². The van der Waals surface area contributed by atoms with Gasteiger partial charge in [-0.2, -0.15) is 13.2 Å². The molecule has 0 spiro atoms. The maximum absolute atomic E-state index is 12.0. The zero-order chi connectivity index (χ0) is 13.6. The number of nitrogens with zero attached hydrogens (tertiary/aromatic N) is 1. The molecule has 0 amide bonds. The highest BCUT2D eigenvalue weighted by atomic mass is 19.4. The van der Waals surface area contributed by atoms with Gasteiger partial charge in [0.15, 0.2) is 0 Å². The lowest BCUT2D eigenvalue weighted by atomic mass is 10.1. The van der Waals surface area contributed by atoms with Gasteiger partial charge < -0.3 is 10.5 Å². The summed E-state index contributed by atoms with van der Waals surface area (Å²) >= 11 is 0. The highest BCUT2D eigenvalue weighted by Gasteiger charge is 2.26. The molecule has 1 heterocycles. The first-order chi connectivity index (χ1) is 8.44. The average molecular weight is 262 g/mol. The molecule has 102 valence electrons. The van der Waals surface area contributed by atoms with E-state index in [2.05, 4.69) is 4.98 Å². The highest BCUT2D eigenvalue weighted by molar-refractivity contribution is 5.25. The molecule has 1 rings (SSSR count). The van der Waals surface area contributed by atoms with Gasteiger partial charge in [-0.3, -0.25) is 0 Å². The minimum absolute atomic E-state index is 0.214. The Kier molecular flexibility index (Phi) is 5.40. The zero-order valence-corrected chi connectivity index (χ0v) is 10.3. The molecule has 0 unspecified atom stereocenters. The van der Waals surface area contributed by atoms with E-state index in [0.29, 0.717) is 6.54 Å². The van der Waals surface area contributed by atoms with Crippen LogP contribution in [0.4, 0.5) is 13.2 Å². The first-order valence-corrected chi connectivity index (χ1v) is 5.84. The molecule has 0 saturated carbocycles. The SMILES string of the molecule is CCCc1cc(CN)cc(OCCC(F)(F)F)n1. The molecular weight excluding hydrogens is 245 g/mol. The van der Waals surface area contributed by atoms with Gasteiger partial charge in [0, 0.05) is 18.3 Å². The number of rotatable bonds is 6. The Bertz CT molecular complexity index is 380. The molecule has 0 atom stereocenters. The van der Waals surface area contributed by atoms with Crippen molar-refractivity contribution in [3.8, 4) is 5.88 Å². The molecule has 0 aliphatic heterocycles. The Morgan fingerprint density at radius 3 is 2.61 bits per heavy atom. The van der Waals surface area contributed by atoms with Crippen LogP contribution in [0, 0.1) is 0 Å². The molecule has 2 N–H and O–H groups in total. The van der Waals surface area contributed by atoms with Crippen LogP contribution in [0.2, 0.25) is 0 Å². The third kappa shape index (κ3) is 5.35. The second-order valence-corrected chi connectivity index (χ2v) is 3.97. The van der Waals surface area contributed by atoms with Gasteiger partial charge in [-0.1, -0.05) is 13.3 Å². The largest absolute Gasteiger partial charge is 0.477 e. The smallest absolute Gasteiger partial charge is 0.392 e. The number of ether oxygens (including phenoxy) is 1. The Labute approximate surface area is 104 Å². The van der Waals surface area contributed by atoms with E-state index in [1.165, 1.54) is 0 Å². The number of aryl methyl sites for hydroxylation is 1. The van der Waals surface area contributed by atoms with E-state index in [0.717, 1.165) is 24.1 Å². The third-order valence-electron chi connectivity index (χ3n) is 2.29. The Balaban J connectivity index is 2.66. The van der Waals surface area contributed by atoms with Crippen LogP contribution in [-0.2, 0) is 13.0 Å². The lowest BCUT2D eigenvalue weighted by molar-refractivity contribution is -0.139. The zero-order valence-electron chi connectivity index (χ0n) is 10.3. The van der Waals surface area contributed by atoms with Crippen molar-refractivity contribution in [1.29, 1.82) is 0 Å². The molecule has 18 heavy (non-hydrogen) atoms. The maximum Gasteiger partial charge on any atom is 0.392 e. The fourth-order valence-electron chi connectivity index (χ4n) is 1.47. The predicted octanol–water partition coefficient (Wildman–Crippen LogP) is 2.82. The van der Waals surface area contributed by atoms with Gasteiger partial charge in [0.25, 0.3) is 0 Å². The molecule has 3 nitrogen and oxygen atoms in total. The molecule has 1 aromatic rings. The number of hydrogen-bond donors (Lipinski definition) is 1. The summed E-state index contributed by atoms with van der Waals surface area (Å²) in [5.74, 6) is 0.214. The van der Waals surface area contributed by atoms with E-state index in [1.54, 1.807) is 6.07 Å². The number of aromatic nitrogens is 1. The minimum Gasteiger partial charge on any atom is -0.477 e. The summed E-state index contributed by atoms with van der Waals surface area (Å²) in [7, 11) is 0.